The van der Waals surface area contributed by atoms with Gasteiger partial charge < -0.3 is 4.42 Å². The molecule has 3 rings (SSSR count). The molecule has 1 aliphatic rings. The molecular formula is C16H18O4S. The maximum atomic E-state index is 12.8. The fourth-order valence-electron chi connectivity index (χ4n) is 3.03. The molecule has 0 aliphatic carbocycles. The summed E-state index contributed by atoms with van der Waals surface area (Å²) in [7, 11) is -3.33. The van der Waals surface area contributed by atoms with E-state index in [1.807, 2.05) is 25.1 Å². The summed E-state index contributed by atoms with van der Waals surface area (Å²) in [5, 5.41) is -0.183. The van der Waals surface area contributed by atoms with Crippen LogP contribution in [-0.4, -0.2) is 25.2 Å². The molecule has 112 valence electrons. The predicted molar refractivity (Wildman–Crippen MR) is 81.3 cm³/mol. The highest BCUT2D eigenvalue weighted by molar-refractivity contribution is 7.92. The van der Waals surface area contributed by atoms with Gasteiger partial charge in [-0.2, -0.15) is 0 Å². The number of carbonyl (C=O) groups is 1. The van der Waals surface area contributed by atoms with Crippen LogP contribution in [0, 0.1) is 0 Å². The monoisotopic (exact) mass is 306 g/mol. The standard InChI is InChI=1S/C16H18O4S/c1-2-12-15(11-7-3-4-8-13(11)20-12)16(17)14-9-5-6-10-21(14,18)19/h3-4,7-8,14H,2,5-6,9-10H2,1H3. The van der Waals surface area contributed by atoms with E-state index in [0.717, 1.165) is 11.8 Å². The van der Waals surface area contributed by atoms with Gasteiger partial charge in [-0.3, -0.25) is 4.79 Å². The Morgan fingerprint density at radius 3 is 2.76 bits per heavy atom. The van der Waals surface area contributed by atoms with E-state index >= 15 is 0 Å². The van der Waals surface area contributed by atoms with Crippen LogP contribution in [0.5, 0.6) is 0 Å². The lowest BCUT2D eigenvalue weighted by atomic mass is 10.00. The van der Waals surface area contributed by atoms with E-state index in [0.29, 0.717) is 36.2 Å². The second-order valence-electron chi connectivity index (χ2n) is 5.47. The Hall–Kier alpha value is -1.62. The number of aryl methyl sites for hydroxylation is 1. The smallest absolute Gasteiger partial charge is 0.185 e. The molecule has 5 heteroatoms. The van der Waals surface area contributed by atoms with Crippen LogP contribution in [0.3, 0.4) is 0 Å². The summed E-state index contributed by atoms with van der Waals surface area (Å²) in [6.07, 6.45) is 2.43. The van der Waals surface area contributed by atoms with Gasteiger partial charge in [-0.05, 0) is 18.9 Å². The van der Waals surface area contributed by atoms with Crippen molar-refractivity contribution >= 4 is 26.6 Å². The average molecular weight is 306 g/mol. The molecule has 1 aromatic carbocycles. The van der Waals surface area contributed by atoms with Gasteiger partial charge >= 0.3 is 0 Å². The molecule has 1 saturated heterocycles. The Kier molecular flexibility index (Phi) is 3.61. The fraction of sp³-hybridized carbons (Fsp3) is 0.438. The van der Waals surface area contributed by atoms with E-state index < -0.39 is 15.1 Å². The Balaban J connectivity index is 2.13. The molecule has 0 radical (unpaired) electrons. The number of sulfone groups is 1. The molecule has 0 saturated carbocycles. The summed E-state index contributed by atoms with van der Waals surface area (Å²) >= 11 is 0. The van der Waals surface area contributed by atoms with Crippen LogP contribution >= 0.6 is 0 Å². The van der Waals surface area contributed by atoms with Crippen LogP contribution in [0.25, 0.3) is 11.0 Å². The van der Waals surface area contributed by atoms with Gasteiger partial charge in [0.05, 0.1) is 11.3 Å². The number of fused-ring (bicyclic) bond motifs is 1. The van der Waals surface area contributed by atoms with Gasteiger partial charge in [0.25, 0.3) is 0 Å². The molecule has 2 aromatic rings. The number of rotatable bonds is 3. The molecule has 4 nitrogen and oxygen atoms in total. The van der Waals surface area contributed by atoms with Crippen LogP contribution in [-0.2, 0) is 16.3 Å². The second-order valence-corrected chi connectivity index (χ2v) is 7.77. The summed E-state index contributed by atoms with van der Waals surface area (Å²) in [5.74, 6) is 0.402. The third kappa shape index (κ3) is 2.39. The highest BCUT2D eigenvalue weighted by Crippen LogP contribution is 2.31. The van der Waals surface area contributed by atoms with Gasteiger partial charge in [-0.1, -0.05) is 31.5 Å². The maximum Gasteiger partial charge on any atom is 0.185 e. The lowest BCUT2D eigenvalue weighted by molar-refractivity contribution is 0.0981. The zero-order valence-electron chi connectivity index (χ0n) is 12.0. The van der Waals surface area contributed by atoms with Crippen molar-refractivity contribution in [3.05, 3.63) is 35.6 Å². The topological polar surface area (TPSA) is 64.3 Å². The van der Waals surface area contributed by atoms with Gasteiger partial charge in [0.1, 0.15) is 16.6 Å². The van der Waals surface area contributed by atoms with Crippen molar-refractivity contribution < 1.29 is 17.6 Å². The van der Waals surface area contributed by atoms with Crippen LogP contribution in [0.4, 0.5) is 0 Å². The van der Waals surface area contributed by atoms with E-state index in [-0.39, 0.29) is 11.5 Å². The quantitative estimate of drug-likeness (QED) is 0.817. The van der Waals surface area contributed by atoms with E-state index in [2.05, 4.69) is 0 Å². The first-order valence-electron chi connectivity index (χ1n) is 7.31. The minimum atomic E-state index is -3.33. The van der Waals surface area contributed by atoms with Crippen molar-refractivity contribution in [2.75, 3.05) is 5.75 Å². The molecule has 1 atom stereocenters. The van der Waals surface area contributed by atoms with E-state index in [4.69, 9.17) is 4.42 Å². The SMILES string of the molecule is CCc1oc2ccccc2c1C(=O)C1CCCCS1(=O)=O. The molecule has 0 bridgehead atoms. The van der Waals surface area contributed by atoms with Gasteiger partial charge in [-0.15, -0.1) is 0 Å². The molecule has 21 heavy (non-hydrogen) atoms. The van der Waals surface area contributed by atoms with Gasteiger partial charge in [-0.25, -0.2) is 8.42 Å². The maximum absolute atomic E-state index is 12.8. The van der Waals surface area contributed by atoms with Crippen molar-refractivity contribution in [1.29, 1.82) is 0 Å². The highest BCUT2D eigenvalue weighted by atomic mass is 32.2. The first-order chi connectivity index (χ1) is 10.0. The molecule has 0 N–H and O–H groups in total. The van der Waals surface area contributed by atoms with Crippen molar-refractivity contribution in [3.63, 3.8) is 0 Å². The molecule has 1 aliphatic heterocycles. The largest absolute Gasteiger partial charge is 0.460 e. The van der Waals surface area contributed by atoms with Crippen LogP contribution in [0.1, 0.15) is 42.3 Å². The van der Waals surface area contributed by atoms with Crippen molar-refractivity contribution in [3.8, 4) is 0 Å². The molecule has 1 unspecified atom stereocenters. The molecular weight excluding hydrogens is 288 g/mol. The third-order valence-electron chi connectivity index (χ3n) is 4.11. The van der Waals surface area contributed by atoms with Crippen molar-refractivity contribution in [2.24, 2.45) is 0 Å². The van der Waals surface area contributed by atoms with Crippen LogP contribution in [0.2, 0.25) is 0 Å². The number of para-hydroxylation sites is 1. The van der Waals surface area contributed by atoms with Crippen molar-refractivity contribution in [1.82, 2.24) is 0 Å². The first-order valence-corrected chi connectivity index (χ1v) is 9.02. The highest BCUT2D eigenvalue weighted by Gasteiger charge is 2.37. The molecule has 2 heterocycles. The minimum absolute atomic E-state index is 0.112. The van der Waals surface area contributed by atoms with Crippen LogP contribution < -0.4 is 0 Å². The Labute approximate surface area is 124 Å². The Bertz CT molecular complexity index is 786. The summed E-state index contributed by atoms with van der Waals surface area (Å²) in [4.78, 5) is 12.8. The number of furan rings is 1. The Morgan fingerprint density at radius 2 is 2.05 bits per heavy atom. The lowest BCUT2D eigenvalue weighted by Crippen LogP contribution is -2.35. The molecule has 0 amide bonds. The zero-order valence-corrected chi connectivity index (χ0v) is 12.8. The third-order valence-corrected chi connectivity index (χ3v) is 6.28. The van der Waals surface area contributed by atoms with Crippen LogP contribution in [0.15, 0.2) is 28.7 Å². The number of hydrogen-bond donors (Lipinski definition) is 0. The fourth-order valence-corrected chi connectivity index (χ4v) is 4.89. The van der Waals surface area contributed by atoms with Gasteiger partial charge in [0, 0.05) is 11.8 Å². The van der Waals surface area contributed by atoms with E-state index in [1.54, 1.807) is 6.07 Å². The van der Waals surface area contributed by atoms with Crippen molar-refractivity contribution in [2.45, 2.75) is 37.9 Å². The second kappa shape index (κ2) is 5.30. The summed E-state index contributed by atoms with van der Waals surface area (Å²) < 4.78 is 30.1. The number of hydrogen-bond acceptors (Lipinski definition) is 4. The minimum Gasteiger partial charge on any atom is -0.460 e. The molecule has 1 aromatic heterocycles. The number of ketones is 1. The Morgan fingerprint density at radius 1 is 1.29 bits per heavy atom. The summed E-state index contributed by atoms with van der Waals surface area (Å²) in [5.41, 5.74) is 1.11. The molecule has 0 spiro atoms. The summed E-state index contributed by atoms with van der Waals surface area (Å²) in [6.45, 7) is 1.91. The number of benzene rings is 1. The van der Waals surface area contributed by atoms with E-state index in [9.17, 15) is 13.2 Å². The van der Waals surface area contributed by atoms with E-state index in [1.165, 1.54) is 0 Å². The van der Waals surface area contributed by atoms with Gasteiger partial charge in [0.15, 0.2) is 15.6 Å². The lowest BCUT2D eigenvalue weighted by Gasteiger charge is -2.21. The zero-order chi connectivity index (χ0) is 15.0. The summed E-state index contributed by atoms with van der Waals surface area (Å²) in [6, 6.07) is 7.31. The number of carbonyl (C=O) groups excluding carboxylic acids is 1. The predicted octanol–water partition coefficient (Wildman–Crippen LogP) is 3.15. The normalized spacial score (nSPS) is 21.5. The van der Waals surface area contributed by atoms with Gasteiger partial charge in [0.2, 0.25) is 0 Å². The molecule has 1 fully saturated rings. The first kappa shape index (κ1) is 14.3. The number of Topliss-reactive ketones (excluding diaryl/α,β-unsaturated/α-hetero) is 1. The average Bonchev–Trinajstić information content (AvgIpc) is 2.84.